The maximum atomic E-state index is 11.7. The van der Waals surface area contributed by atoms with E-state index in [0.717, 1.165) is 0 Å². The van der Waals surface area contributed by atoms with Crippen molar-refractivity contribution in [1.82, 2.24) is 0 Å². The molecular weight excluding hydrogens is 439 g/mol. The van der Waals surface area contributed by atoms with Crippen molar-refractivity contribution in [2.24, 2.45) is 0 Å². The number of hydrogen-bond donors (Lipinski definition) is 2. The van der Waals surface area contributed by atoms with Crippen molar-refractivity contribution in [3.8, 4) is 0 Å². The van der Waals surface area contributed by atoms with E-state index in [1.54, 1.807) is 50.2 Å². The molecule has 0 aromatic heterocycles. The maximum absolute atomic E-state index is 11.7. The maximum Gasteiger partial charge on any atom is 0.411 e. The molecule has 2 N–H and O–H groups in total. The lowest BCUT2D eigenvalue weighted by atomic mass is 9.98. The van der Waals surface area contributed by atoms with Crippen LogP contribution in [0.4, 0.5) is 21.0 Å². The third-order valence-corrected chi connectivity index (χ3v) is 4.57. The second-order valence-corrected chi connectivity index (χ2v) is 6.64. The quantitative estimate of drug-likeness (QED) is 0.502. The number of carbonyl (C=O) groups excluding carboxylic acids is 2. The molecule has 0 radical (unpaired) electrons. The SMILES string of the molecule is CCOC(=O)Nc1cc(C(=CCl)c2ccc(Cl)c(NC(=O)OCC)c2)ccc1Cl. The van der Waals surface area contributed by atoms with Crippen molar-refractivity contribution in [3.63, 3.8) is 0 Å². The Morgan fingerprint density at radius 2 is 1.28 bits per heavy atom. The number of halogens is 3. The smallest absolute Gasteiger partial charge is 0.411 e. The Hall–Kier alpha value is -2.41. The van der Waals surface area contributed by atoms with Gasteiger partial charge in [-0.15, -0.1) is 0 Å². The average Bonchev–Trinajstić information content (AvgIpc) is 2.67. The molecule has 2 rings (SSSR count). The van der Waals surface area contributed by atoms with Gasteiger partial charge in [0.1, 0.15) is 0 Å². The van der Waals surface area contributed by atoms with Crippen molar-refractivity contribution in [3.05, 3.63) is 63.1 Å². The van der Waals surface area contributed by atoms with E-state index in [9.17, 15) is 9.59 Å². The Morgan fingerprint density at radius 1 is 0.862 bits per heavy atom. The van der Waals surface area contributed by atoms with Crippen LogP contribution in [0.2, 0.25) is 10.0 Å². The van der Waals surface area contributed by atoms with Crippen LogP contribution in [-0.4, -0.2) is 25.4 Å². The molecule has 2 aromatic rings. The first-order valence-corrected chi connectivity index (χ1v) is 9.86. The lowest BCUT2D eigenvalue weighted by Gasteiger charge is -2.14. The second-order valence-electron chi connectivity index (χ2n) is 5.60. The Kier molecular flexibility index (Phi) is 8.64. The van der Waals surface area contributed by atoms with Crippen LogP contribution >= 0.6 is 34.8 Å². The predicted octanol–water partition coefficient (Wildman–Crippen LogP) is 6.76. The molecule has 0 bridgehead atoms. The predicted molar refractivity (Wildman–Crippen MR) is 117 cm³/mol. The monoisotopic (exact) mass is 456 g/mol. The summed E-state index contributed by atoms with van der Waals surface area (Å²) in [5, 5.41) is 5.86. The summed E-state index contributed by atoms with van der Waals surface area (Å²) in [6, 6.07) is 10.1. The normalized spacial score (nSPS) is 10.1. The first-order valence-electron chi connectivity index (χ1n) is 8.67. The molecule has 0 aliphatic heterocycles. The van der Waals surface area contributed by atoms with E-state index in [1.807, 2.05) is 0 Å². The molecule has 0 saturated carbocycles. The number of rotatable bonds is 6. The lowest BCUT2D eigenvalue weighted by molar-refractivity contribution is 0.167. The van der Waals surface area contributed by atoms with Crippen LogP contribution < -0.4 is 10.6 Å². The fraction of sp³-hybridized carbons (Fsp3) is 0.200. The molecule has 0 aliphatic carbocycles. The zero-order valence-corrected chi connectivity index (χ0v) is 18.0. The van der Waals surface area contributed by atoms with Gasteiger partial charge in [-0.3, -0.25) is 10.6 Å². The molecule has 0 spiro atoms. The summed E-state index contributed by atoms with van der Waals surface area (Å²) in [5.74, 6) is 0. The van der Waals surface area contributed by atoms with E-state index < -0.39 is 12.2 Å². The van der Waals surface area contributed by atoms with Gasteiger partial charge in [-0.25, -0.2) is 9.59 Å². The minimum absolute atomic E-state index is 0.233. The van der Waals surface area contributed by atoms with Gasteiger partial charge in [0.05, 0.1) is 34.6 Å². The van der Waals surface area contributed by atoms with Crippen molar-refractivity contribution in [2.45, 2.75) is 13.8 Å². The van der Waals surface area contributed by atoms with Crippen molar-refractivity contribution >= 4 is 63.9 Å². The molecule has 2 amide bonds. The van der Waals surface area contributed by atoms with E-state index in [1.165, 1.54) is 5.54 Å². The first-order chi connectivity index (χ1) is 13.9. The van der Waals surface area contributed by atoms with E-state index >= 15 is 0 Å². The number of carbonyl (C=O) groups is 2. The third kappa shape index (κ3) is 6.29. The second kappa shape index (κ2) is 11.0. The molecule has 0 fully saturated rings. The van der Waals surface area contributed by atoms with Gasteiger partial charge in [0.2, 0.25) is 0 Å². The number of hydrogen-bond acceptors (Lipinski definition) is 4. The van der Waals surface area contributed by atoms with Crippen molar-refractivity contribution in [2.75, 3.05) is 23.8 Å². The lowest BCUT2D eigenvalue weighted by Crippen LogP contribution is -2.14. The third-order valence-electron chi connectivity index (χ3n) is 3.69. The van der Waals surface area contributed by atoms with Gasteiger partial charge in [-0.1, -0.05) is 46.9 Å². The standard InChI is InChI=1S/C20H19Cl3N2O4/c1-3-28-19(26)24-17-9-12(5-7-15(17)22)14(11-21)13-6-8-16(23)18(10-13)25-20(27)29-4-2/h5-11H,3-4H2,1-2H3,(H,24,26)(H,25,27). The fourth-order valence-corrected chi connectivity index (χ4v) is 3.01. The molecular formula is C20H19Cl3N2O4. The van der Waals surface area contributed by atoms with Gasteiger partial charge in [0, 0.05) is 11.1 Å². The molecule has 29 heavy (non-hydrogen) atoms. The minimum Gasteiger partial charge on any atom is -0.450 e. The average molecular weight is 458 g/mol. The van der Waals surface area contributed by atoms with Gasteiger partial charge in [-0.05, 0) is 49.2 Å². The van der Waals surface area contributed by atoms with Crippen LogP contribution in [0.1, 0.15) is 25.0 Å². The molecule has 0 aliphatic rings. The van der Waals surface area contributed by atoms with Crippen LogP contribution in [0.25, 0.3) is 5.57 Å². The largest absolute Gasteiger partial charge is 0.450 e. The first kappa shape index (κ1) is 22.9. The molecule has 154 valence electrons. The summed E-state index contributed by atoms with van der Waals surface area (Å²) in [6.45, 7) is 3.87. The summed E-state index contributed by atoms with van der Waals surface area (Å²) < 4.78 is 9.76. The number of anilines is 2. The van der Waals surface area contributed by atoms with E-state index in [0.29, 0.717) is 38.1 Å². The summed E-state index contributed by atoms with van der Waals surface area (Å²) >= 11 is 18.4. The molecule has 6 nitrogen and oxygen atoms in total. The van der Waals surface area contributed by atoms with Crippen LogP contribution in [0.3, 0.4) is 0 Å². The summed E-state index contributed by atoms with van der Waals surface area (Å²) in [5.41, 5.74) is 4.12. The van der Waals surface area contributed by atoms with Crippen molar-refractivity contribution in [1.29, 1.82) is 0 Å². The molecule has 0 saturated heterocycles. The zero-order valence-electron chi connectivity index (χ0n) is 15.7. The Labute approximate surface area is 183 Å². The number of nitrogens with one attached hydrogen (secondary N) is 2. The highest BCUT2D eigenvalue weighted by atomic mass is 35.5. The Morgan fingerprint density at radius 3 is 1.62 bits per heavy atom. The van der Waals surface area contributed by atoms with Gasteiger partial charge in [-0.2, -0.15) is 0 Å². The molecule has 9 heteroatoms. The van der Waals surface area contributed by atoms with Gasteiger partial charge < -0.3 is 9.47 Å². The molecule has 0 heterocycles. The summed E-state index contributed by atoms with van der Waals surface area (Å²) in [6.07, 6.45) is -1.23. The van der Waals surface area contributed by atoms with Crippen LogP contribution in [-0.2, 0) is 9.47 Å². The fourth-order valence-electron chi connectivity index (χ4n) is 2.42. The highest BCUT2D eigenvalue weighted by Gasteiger charge is 2.13. The van der Waals surface area contributed by atoms with E-state index in [2.05, 4.69) is 10.6 Å². The van der Waals surface area contributed by atoms with Gasteiger partial charge >= 0.3 is 12.2 Å². The molecule has 2 aromatic carbocycles. The van der Waals surface area contributed by atoms with Gasteiger partial charge in [0.25, 0.3) is 0 Å². The van der Waals surface area contributed by atoms with Gasteiger partial charge in [0.15, 0.2) is 0 Å². The minimum atomic E-state index is -0.615. The number of benzene rings is 2. The van der Waals surface area contributed by atoms with E-state index in [4.69, 9.17) is 44.3 Å². The van der Waals surface area contributed by atoms with Crippen molar-refractivity contribution < 1.29 is 19.1 Å². The summed E-state index contributed by atoms with van der Waals surface area (Å²) in [4.78, 5) is 23.4. The Balaban J connectivity index is 2.36. The highest BCUT2D eigenvalue weighted by Crippen LogP contribution is 2.33. The number of ether oxygens (including phenoxy) is 2. The molecule has 0 atom stereocenters. The van der Waals surface area contributed by atoms with Crippen LogP contribution in [0.15, 0.2) is 41.9 Å². The van der Waals surface area contributed by atoms with E-state index in [-0.39, 0.29) is 13.2 Å². The topological polar surface area (TPSA) is 76.7 Å². The number of amides is 2. The Bertz CT molecular complexity index is 860. The molecule has 0 unspecified atom stereocenters. The highest BCUT2D eigenvalue weighted by molar-refractivity contribution is 6.34. The zero-order chi connectivity index (χ0) is 21.4. The van der Waals surface area contributed by atoms with Crippen LogP contribution in [0.5, 0.6) is 0 Å². The van der Waals surface area contributed by atoms with Crippen LogP contribution in [0, 0.1) is 0 Å². The summed E-state index contributed by atoms with van der Waals surface area (Å²) in [7, 11) is 0.